The highest BCUT2D eigenvalue weighted by Crippen LogP contribution is 2.12. The molecule has 6 heteroatoms. The zero-order valence-corrected chi connectivity index (χ0v) is 14.5. The molecule has 130 valence electrons. The van der Waals surface area contributed by atoms with Crippen molar-refractivity contribution in [3.63, 3.8) is 0 Å². The van der Waals surface area contributed by atoms with E-state index in [1.807, 2.05) is 31.2 Å². The van der Waals surface area contributed by atoms with E-state index in [1.165, 1.54) is 0 Å². The number of nitrogens with one attached hydrogen (secondary N) is 2. The maximum atomic E-state index is 12.2. The minimum Gasteiger partial charge on any atom is -0.399 e. The summed E-state index contributed by atoms with van der Waals surface area (Å²) in [6.07, 6.45) is 8.36. The first-order valence-electron chi connectivity index (χ1n) is 7.95. The van der Waals surface area contributed by atoms with Gasteiger partial charge in [0.05, 0.1) is 6.04 Å². The first-order valence-corrected chi connectivity index (χ1v) is 7.95. The predicted molar refractivity (Wildman–Crippen MR) is 104 cm³/mol. The molecule has 0 aliphatic heterocycles. The quantitative estimate of drug-likeness (QED) is 0.550. The molecule has 0 heterocycles. The summed E-state index contributed by atoms with van der Waals surface area (Å²) in [5.41, 5.74) is 8.61. The number of hydrogen-bond donors (Lipinski definition) is 3. The summed E-state index contributed by atoms with van der Waals surface area (Å²) in [6, 6.07) is 6.80. The molecule has 1 aliphatic rings. The average Bonchev–Trinajstić information content (AvgIpc) is 2.63. The van der Waals surface area contributed by atoms with Crippen LogP contribution in [0.25, 0.3) is 0 Å². The molecule has 1 aliphatic carbocycles. The van der Waals surface area contributed by atoms with Gasteiger partial charge in [0.2, 0.25) is 0 Å². The predicted octanol–water partition coefficient (Wildman–Crippen LogP) is 2.43. The molecule has 0 radical (unpaired) electrons. The van der Waals surface area contributed by atoms with Crippen LogP contribution < -0.4 is 16.4 Å². The Labute approximate surface area is 147 Å². The molecule has 0 aromatic heterocycles. The Kier molecular flexibility index (Phi) is 6.28. The summed E-state index contributed by atoms with van der Waals surface area (Å²) in [6.45, 7) is 5.44. The van der Waals surface area contributed by atoms with Gasteiger partial charge < -0.3 is 16.4 Å². The highest BCUT2D eigenvalue weighted by molar-refractivity contribution is 5.95. The summed E-state index contributed by atoms with van der Waals surface area (Å²) < 4.78 is 0. The molecule has 1 atom stereocenters. The topological polar surface area (TPSA) is 91.9 Å². The summed E-state index contributed by atoms with van der Waals surface area (Å²) in [5, 5.41) is 6.16. The van der Waals surface area contributed by atoms with Gasteiger partial charge in [0.25, 0.3) is 5.91 Å². The van der Waals surface area contributed by atoms with Gasteiger partial charge in [-0.15, -0.1) is 0 Å². The standard InChI is InChI=1S/C19H23N5O/c1-13(21-2)12-18(22-3)23-16-8-10-17(11-9-16)24-19(25)14-4-6-15(20)7-5-14/h4-10,12,17,23H,3,11,20H2,1-2H3,(H,24,25)/b18-12+,21-13-. The van der Waals surface area contributed by atoms with E-state index >= 15 is 0 Å². The maximum absolute atomic E-state index is 12.2. The minimum atomic E-state index is -0.123. The third-order valence-corrected chi connectivity index (χ3v) is 3.73. The number of allylic oxidation sites excluding steroid dienone is 2. The van der Waals surface area contributed by atoms with Crippen molar-refractivity contribution < 1.29 is 4.79 Å². The molecular weight excluding hydrogens is 314 g/mol. The lowest BCUT2D eigenvalue weighted by molar-refractivity contribution is 0.0944. The summed E-state index contributed by atoms with van der Waals surface area (Å²) in [4.78, 5) is 20.2. The number of amides is 1. The zero-order chi connectivity index (χ0) is 18.2. The maximum Gasteiger partial charge on any atom is 0.251 e. The van der Waals surface area contributed by atoms with E-state index in [0.717, 1.165) is 11.4 Å². The molecule has 0 bridgehead atoms. The van der Waals surface area contributed by atoms with Crippen molar-refractivity contribution in [1.82, 2.24) is 10.6 Å². The van der Waals surface area contributed by atoms with Crippen LogP contribution >= 0.6 is 0 Å². The Morgan fingerprint density at radius 2 is 2.08 bits per heavy atom. The van der Waals surface area contributed by atoms with Gasteiger partial charge in [-0.05, 0) is 50.4 Å². The van der Waals surface area contributed by atoms with E-state index in [1.54, 1.807) is 31.3 Å². The van der Waals surface area contributed by atoms with Crippen molar-refractivity contribution in [2.45, 2.75) is 19.4 Å². The molecule has 1 unspecified atom stereocenters. The van der Waals surface area contributed by atoms with Crippen LogP contribution in [0.1, 0.15) is 23.7 Å². The van der Waals surface area contributed by atoms with Gasteiger partial charge in [-0.1, -0.05) is 12.2 Å². The smallest absolute Gasteiger partial charge is 0.251 e. The van der Waals surface area contributed by atoms with Crippen molar-refractivity contribution in [1.29, 1.82) is 0 Å². The summed E-state index contributed by atoms with van der Waals surface area (Å²) in [5.74, 6) is 0.506. The number of hydrogen-bond acceptors (Lipinski definition) is 5. The molecule has 0 fully saturated rings. The molecule has 0 saturated carbocycles. The SMILES string of the molecule is C=N/C(=C\C(C)=N/C)NC1=CCC(NC(=O)c2ccc(N)cc2)C=C1. The van der Waals surface area contributed by atoms with Gasteiger partial charge in [0.15, 0.2) is 0 Å². The Hall–Kier alpha value is -3.15. The lowest BCUT2D eigenvalue weighted by Gasteiger charge is -2.19. The van der Waals surface area contributed by atoms with Crippen molar-refractivity contribution in [3.8, 4) is 0 Å². The van der Waals surface area contributed by atoms with Crippen LogP contribution in [0.15, 0.2) is 70.1 Å². The van der Waals surface area contributed by atoms with Gasteiger partial charge in [0.1, 0.15) is 5.82 Å². The summed E-state index contributed by atoms with van der Waals surface area (Å²) in [7, 11) is 1.72. The number of carbonyl (C=O) groups is 1. The molecule has 1 amide bonds. The van der Waals surface area contributed by atoms with Crippen molar-refractivity contribution >= 4 is 24.0 Å². The van der Waals surface area contributed by atoms with Gasteiger partial charge >= 0.3 is 0 Å². The van der Waals surface area contributed by atoms with Crippen LogP contribution in [0.3, 0.4) is 0 Å². The Morgan fingerprint density at radius 3 is 2.64 bits per heavy atom. The second-order valence-electron chi connectivity index (χ2n) is 5.63. The Bertz CT molecular complexity index is 757. The second-order valence-corrected chi connectivity index (χ2v) is 5.63. The lowest BCUT2D eigenvalue weighted by atomic mass is 10.1. The van der Waals surface area contributed by atoms with Gasteiger partial charge in [0, 0.05) is 35.8 Å². The number of rotatable bonds is 6. The molecule has 6 nitrogen and oxygen atoms in total. The van der Waals surface area contributed by atoms with Crippen molar-refractivity contribution in [2.75, 3.05) is 12.8 Å². The van der Waals surface area contributed by atoms with E-state index < -0.39 is 0 Å². The normalized spacial score (nSPS) is 17.7. The molecule has 2 rings (SSSR count). The minimum absolute atomic E-state index is 0.0568. The van der Waals surface area contributed by atoms with Crippen LogP contribution in [0.2, 0.25) is 0 Å². The van der Waals surface area contributed by atoms with Crippen molar-refractivity contribution in [2.24, 2.45) is 9.98 Å². The fourth-order valence-electron chi connectivity index (χ4n) is 2.24. The number of nitrogens with zero attached hydrogens (tertiary/aromatic N) is 2. The second kappa shape index (κ2) is 8.63. The van der Waals surface area contributed by atoms with Gasteiger partial charge in [-0.3, -0.25) is 9.79 Å². The summed E-state index contributed by atoms with van der Waals surface area (Å²) >= 11 is 0. The van der Waals surface area contributed by atoms with Gasteiger partial charge in [-0.2, -0.15) is 0 Å². The Balaban J connectivity index is 1.93. The third-order valence-electron chi connectivity index (χ3n) is 3.73. The zero-order valence-electron chi connectivity index (χ0n) is 14.5. The molecule has 0 spiro atoms. The largest absolute Gasteiger partial charge is 0.399 e. The number of nitrogens with two attached hydrogens (primary N) is 1. The van der Waals surface area contributed by atoms with Crippen LogP contribution in [-0.2, 0) is 0 Å². The fraction of sp³-hybridized carbons (Fsp3) is 0.211. The number of carbonyl (C=O) groups excluding carboxylic acids is 1. The number of benzene rings is 1. The fourth-order valence-corrected chi connectivity index (χ4v) is 2.24. The first-order chi connectivity index (χ1) is 12.0. The molecule has 1 aromatic rings. The molecule has 4 N–H and O–H groups in total. The van der Waals surface area contributed by atoms with Crippen LogP contribution in [0, 0.1) is 0 Å². The van der Waals surface area contributed by atoms with Crippen molar-refractivity contribution in [3.05, 3.63) is 65.7 Å². The van der Waals surface area contributed by atoms with E-state index in [9.17, 15) is 4.79 Å². The third kappa shape index (κ3) is 5.46. The monoisotopic (exact) mass is 337 g/mol. The van der Waals surface area contributed by atoms with E-state index in [4.69, 9.17) is 5.73 Å². The molecule has 0 saturated heterocycles. The highest BCUT2D eigenvalue weighted by atomic mass is 16.1. The van der Waals surface area contributed by atoms with E-state index in [2.05, 4.69) is 27.3 Å². The molecular formula is C19H23N5O. The molecule has 1 aromatic carbocycles. The molecule has 25 heavy (non-hydrogen) atoms. The Morgan fingerprint density at radius 1 is 1.36 bits per heavy atom. The first kappa shape index (κ1) is 18.2. The highest BCUT2D eigenvalue weighted by Gasteiger charge is 2.13. The lowest BCUT2D eigenvalue weighted by Crippen LogP contribution is -2.34. The van der Waals surface area contributed by atoms with E-state index in [0.29, 0.717) is 23.5 Å². The van der Waals surface area contributed by atoms with Gasteiger partial charge in [-0.25, -0.2) is 4.99 Å². The van der Waals surface area contributed by atoms with Crippen LogP contribution in [0.5, 0.6) is 0 Å². The average molecular weight is 337 g/mol. The number of aliphatic imine (C=N–C) groups is 2. The number of nitrogen functional groups attached to an aromatic ring is 1. The van der Waals surface area contributed by atoms with Crippen LogP contribution in [0.4, 0.5) is 5.69 Å². The van der Waals surface area contributed by atoms with E-state index in [-0.39, 0.29) is 11.9 Å². The van der Waals surface area contributed by atoms with Crippen LogP contribution in [-0.4, -0.2) is 31.4 Å². The number of anilines is 1.